The first-order valence-corrected chi connectivity index (χ1v) is 8.63. The second kappa shape index (κ2) is 12.0. The highest BCUT2D eigenvalue weighted by atomic mass is 127. The maximum Gasteiger partial charge on any atom is 0.225 e. The van der Waals surface area contributed by atoms with E-state index >= 15 is 0 Å². The average Bonchev–Trinajstić information content (AvgIpc) is 2.55. The SMILES string of the molecule is CN=C(NCCNC(=O)C(C)(C)C)N(C)CCOc1ccc(C)cc1.I. The van der Waals surface area contributed by atoms with Crippen LogP contribution >= 0.6 is 24.0 Å². The van der Waals surface area contributed by atoms with Gasteiger partial charge in [0.1, 0.15) is 12.4 Å². The number of guanidine groups is 1. The second-order valence-electron chi connectivity index (χ2n) is 7.06. The minimum Gasteiger partial charge on any atom is -0.492 e. The Labute approximate surface area is 174 Å². The molecule has 0 aliphatic heterocycles. The number of carbonyl (C=O) groups is 1. The Balaban J connectivity index is 0.00000625. The summed E-state index contributed by atoms with van der Waals surface area (Å²) >= 11 is 0. The number of likely N-dealkylation sites (N-methyl/N-ethyl adjacent to an activating group) is 1. The molecule has 0 aromatic heterocycles. The predicted octanol–water partition coefficient (Wildman–Crippen LogP) is 2.66. The second-order valence-corrected chi connectivity index (χ2v) is 7.06. The van der Waals surface area contributed by atoms with Crippen molar-refractivity contribution in [1.82, 2.24) is 15.5 Å². The van der Waals surface area contributed by atoms with Crippen LogP contribution in [0.25, 0.3) is 0 Å². The van der Waals surface area contributed by atoms with Crippen LogP contribution in [0.3, 0.4) is 0 Å². The zero-order valence-electron chi connectivity index (χ0n) is 16.8. The standard InChI is InChI=1S/C19H32N4O2.HI/c1-15-7-9-16(10-8-15)25-14-13-23(6)18(20-5)22-12-11-21-17(24)19(2,3)4;/h7-10H,11-14H2,1-6H3,(H,20,22)(H,21,24);1H. The predicted molar refractivity (Wildman–Crippen MR) is 119 cm³/mol. The number of hydrogen-bond donors (Lipinski definition) is 2. The largest absolute Gasteiger partial charge is 0.492 e. The lowest BCUT2D eigenvalue weighted by Crippen LogP contribution is -2.45. The lowest BCUT2D eigenvalue weighted by atomic mass is 9.96. The number of benzene rings is 1. The van der Waals surface area contributed by atoms with Crippen molar-refractivity contribution in [1.29, 1.82) is 0 Å². The van der Waals surface area contributed by atoms with Crippen molar-refractivity contribution in [3.63, 3.8) is 0 Å². The fraction of sp³-hybridized carbons (Fsp3) is 0.579. The summed E-state index contributed by atoms with van der Waals surface area (Å²) in [6, 6.07) is 8.01. The van der Waals surface area contributed by atoms with E-state index in [1.54, 1.807) is 7.05 Å². The molecule has 0 atom stereocenters. The highest BCUT2D eigenvalue weighted by Gasteiger charge is 2.20. The van der Waals surface area contributed by atoms with E-state index < -0.39 is 0 Å². The number of nitrogens with one attached hydrogen (secondary N) is 2. The smallest absolute Gasteiger partial charge is 0.225 e. The van der Waals surface area contributed by atoms with Gasteiger partial charge in [-0.3, -0.25) is 9.79 Å². The molecule has 1 aromatic rings. The molecule has 1 rings (SSSR count). The molecule has 2 N–H and O–H groups in total. The molecule has 0 fully saturated rings. The molecular formula is C19H33IN4O2. The van der Waals surface area contributed by atoms with E-state index in [0.717, 1.165) is 11.7 Å². The van der Waals surface area contributed by atoms with Crippen LogP contribution in [0.15, 0.2) is 29.3 Å². The van der Waals surface area contributed by atoms with E-state index in [2.05, 4.69) is 22.5 Å². The Morgan fingerprint density at radius 3 is 2.27 bits per heavy atom. The topological polar surface area (TPSA) is 66.0 Å². The van der Waals surface area contributed by atoms with Gasteiger partial charge in [-0.25, -0.2) is 0 Å². The van der Waals surface area contributed by atoms with Gasteiger partial charge in [0.05, 0.1) is 6.54 Å². The van der Waals surface area contributed by atoms with Crippen LogP contribution < -0.4 is 15.4 Å². The van der Waals surface area contributed by atoms with Crippen molar-refractivity contribution in [2.45, 2.75) is 27.7 Å². The fourth-order valence-electron chi connectivity index (χ4n) is 2.04. The summed E-state index contributed by atoms with van der Waals surface area (Å²) in [5.41, 5.74) is 0.846. The van der Waals surface area contributed by atoms with E-state index in [4.69, 9.17) is 4.74 Å². The van der Waals surface area contributed by atoms with E-state index in [-0.39, 0.29) is 35.3 Å². The van der Waals surface area contributed by atoms with Crippen molar-refractivity contribution in [3.05, 3.63) is 29.8 Å². The number of halogens is 1. The monoisotopic (exact) mass is 476 g/mol. The van der Waals surface area contributed by atoms with Gasteiger partial charge in [-0.05, 0) is 19.1 Å². The lowest BCUT2D eigenvalue weighted by molar-refractivity contribution is -0.128. The average molecular weight is 476 g/mol. The molecule has 0 heterocycles. The summed E-state index contributed by atoms with van der Waals surface area (Å²) in [5.74, 6) is 1.69. The van der Waals surface area contributed by atoms with Crippen molar-refractivity contribution < 1.29 is 9.53 Å². The molecular weight excluding hydrogens is 443 g/mol. The Hall–Kier alpha value is -1.51. The first-order valence-electron chi connectivity index (χ1n) is 8.63. The van der Waals surface area contributed by atoms with Crippen molar-refractivity contribution >= 4 is 35.8 Å². The summed E-state index contributed by atoms with van der Waals surface area (Å²) in [7, 11) is 3.70. The third-order valence-electron chi connectivity index (χ3n) is 3.66. The maximum atomic E-state index is 11.8. The number of aliphatic imine (C=N–C) groups is 1. The minimum atomic E-state index is -0.369. The van der Waals surface area contributed by atoms with Crippen LogP contribution in [-0.4, -0.2) is 57.1 Å². The summed E-state index contributed by atoms with van der Waals surface area (Å²) in [4.78, 5) is 18.1. The highest BCUT2D eigenvalue weighted by molar-refractivity contribution is 14.0. The van der Waals surface area contributed by atoms with Crippen LogP contribution in [0, 0.1) is 12.3 Å². The molecule has 7 heteroatoms. The number of ether oxygens (including phenoxy) is 1. The Morgan fingerprint density at radius 1 is 1.15 bits per heavy atom. The molecule has 0 unspecified atom stereocenters. The molecule has 0 saturated carbocycles. The van der Waals surface area contributed by atoms with Gasteiger partial charge in [0.15, 0.2) is 5.96 Å². The number of carbonyl (C=O) groups excluding carboxylic acids is 1. The summed E-state index contributed by atoms with van der Waals surface area (Å²) < 4.78 is 5.74. The van der Waals surface area contributed by atoms with Crippen LogP contribution in [0.2, 0.25) is 0 Å². The van der Waals surface area contributed by atoms with Gasteiger partial charge in [-0.1, -0.05) is 38.5 Å². The lowest BCUT2D eigenvalue weighted by Gasteiger charge is -2.23. The number of aryl methyl sites for hydroxylation is 1. The Kier molecular flexibility index (Phi) is 11.3. The number of rotatable bonds is 7. The fourth-order valence-corrected chi connectivity index (χ4v) is 2.04. The van der Waals surface area contributed by atoms with Gasteiger partial charge in [0, 0.05) is 32.6 Å². The highest BCUT2D eigenvalue weighted by Crippen LogP contribution is 2.12. The molecule has 26 heavy (non-hydrogen) atoms. The molecule has 0 bridgehead atoms. The van der Waals surface area contributed by atoms with Crippen molar-refractivity contribution in [2.75, 3.05) is 40.3 Å². The summed E-state index contributed by atoms with van der Waals surface area (Å²) in [5, 5.41) is 6.15. The molecule has 1 amide bonds. The molecule has 0 radical (unpaired) electrons. The van der Waals surface area contributed by atoms with Crippen LogP contribution in [0.1, 0.15) is 26.3 Å². The maximum absolute atomic E-state index is 11.8. The van der Waals surface area contributed by atoms with E-state index in [1.165, 1.54) is 5.56 Å². The van der Waals surface area contributed by atoms with Crippen LogP contribution in [0.4, 0.5) is 0 Å². The van der Waals surface area contributed by atoms with Gasteiger partial charge in [0.2, 0.25) is 5.91 Å². The molecule has 0 spiro atoms. The van der Waals surface area contributed by atoms with Crippen LogP contribution in [-0.2, 0) is 4.79 Å². The summed E-state index contributed by atoms with van der Waals surface area (Å²) in [6.45, 7) is 10.2. The Bertz CT molecular complexity index is 568. The quantitative estimate of drug-likeness (QED) is 0.275. The van der Waals surface area contributed by atoms with Gasteiger partial charge in [-0.15, -0.1) is 24.0 Å². The van der Waals surface area contributed by atoms with Crippen molar-refractivity contribution in [3.8, 4) is 5.75 Å². The molecule has 0 aliphatic carbocycles. The van der Waals surface area contributed by atoms with Gasteiger partial charge < -0.3 is 20.3 Å². The van der Waals surface area contributed by atoms with E-state index in [9.17, 15) is 4.79 Å². The van der Waals surface area contributed by atoms with E-state index in [1.807, 2.05) is 57.0 Å². The first kappa shape index (κ1) is 24.5. The number of nitrogens with zero attached hydrogens (tertiary/aromatic N) is 2. The zero-order chi connectivity index (χ0) is 18.9. The molecule has 0 saturated heterocycles. The van der Waals surface area contributed by atoms with Gasteiger partial charge in [0.25, 0.3) is 0 Å². The molecule has 0 aliphatic rings. The van der Waals surface area contributed by atoms with Crippen LogP contribution in [0.5, 0.6) is 5.75 Å². The molecule has 6 nitrogen and oxygen atoms in total. The third kappa shape index (κ3) is 9.26. The normalized spacial score (nSPS) is 11.4. The van der Waals surface area contributed by atoms with Gasteiger partial charge in [-0.2, -0.15) is 0 Å². The minimum absolute atomic E-state index is 0. The Morgan fingerprint density at radius 2 is 1.73 bits per heavy atom. The molecule has 1 aromatic carbocycles. The van der Waals surface area contributed by atoms with Crippen molar-refractivity contribution in [2.24, 2.45) is 10.4 Å². The number of amides is 1. The first-order chi connectivity index (χ1) is 11.7. The summed E-state index contributed by atoms with van der Waals surface area (Å²) in [6.07, 6.45) is 0. The zero-order valence-corrected chi connectivity index (χ0v) is 19.1. The number of hydrogen-bond acceptors (Lipinski definition) is 3. The third-order valence-corrected chi connectivity index (χ3v) is 3.66. The molecule has 148 valence electrons. The van der Waals surface area contributed by atoms with E-state index in [0.29, 0.717) is 26.2 Å². The van der Waals surface area contributed by atoms with Gasteiger partial charge >= 0.3 is 0 Å².